The van der Waals surface area contributed by atoms with Crippen molar-refractivity contribution >= 4 is 0 Å². The fraction of sp³-hybridized carbons (Fsp3) is 0.857. The molecule has 0 aromatic carbocycles. The van der Waals surface area contributed by atoms with Crippen LogP contribution in [0.25, 0.3) is 0 Å². The molecule has 0 amide bonds. The molecule has 1 aliphatic heterocycles. The van der Waals surface area contributed by atoms with E-state index in [2.05, 4.69) is 23.7 Å². The zero-order valence-corrected chi connectivity index (χ0v) is 10.7. The predicted molar refractivity (Wildman–Crippen MR) is 69.7 cm³/mol. The largest absolute Gasteiger partial charge is 0.310 e. The molecule has 16 heavy (non-hydrogen) atoms. The van der Waals surface area contributed by atoms with Crippen molar-refractivity contribution in [3.63, 3.8) is 0 Å². The van der Waals surface area contributed by atoms with Crippen LogP contribution in [0.4, 0.5) is 0 Å². The van der Waals surface area contributed by atoms with Crippen molar-refractivity contribution in [1.29, 1.82) is 0 Å². The van der Waals surface area contributed by atoms with Gasteiger partial charge in [0.15, 0.2) is 0 Å². The molecule has 1 saturated heterocycles. The molecule has 2 aliphatic rings. The van der Waals surface area contributed by atoms with Gasteiger partial charge in [0, 0.05) is 25.2 Å². The predicted octanol–water partition coefficient (Wildman–Crippen LogP) is 2.56. The first-order valence-electron chi connectivity index (χ1n) is 6.93. The van der Waals surface area contributed by atoms with E-state index >= 15 is 0 Å². The molecule has 0 bridgehead atoms. The molecular weight excluding hydrogens is 196 g/mol. The summed E-state index contributed by atoms with van der Waals surface area (Å²) in [6.45, 7) is 9.94. The Hall–Kier alpha value is -0.340. The number of piperidine rings is 1. The second-order valence-electron chi connectivity index (χ2n) is 5.43. The van der Waals surface area contributed by atoms with Crippen LogP contribution in [0.2, 0.25) is 0 Å². The Balaban J connectivity index is 1.70. The van der Waals surface area contributed by atoms with Crippen LogP contribution in [-0.2, 0) is 0 Å². The van der Waals surface area contributed by atoms with Gasteiger partial charge in [-0.3, -0.25) is 4.90 Å². The first kappa shape index (κ1) is 12.1. The Morgan fingerprint density at radius 2 is 2.12 bits per heavy atom. The van der Waals surface area contributed by atoms with Gasteiger partial charge in [0.1, 0.15) is 0 Å². The molecule has 2 nitrogen and oxygen atoms in total. The maximum absolute atomic E-state index is 4.21. The van der Waals surface area contributed by atoms with Crippen LogP contribution in [0.1, 0.15) is 45.4 Å². The lowest BCUT2D eigenvalue weighted by Gasteiger charge is -2.35. The van der Waals surface area contributed by atoms with Crippen molar-refractivity contribution in [2.75, 3.05) is 19.6 Å². The highest BCUT2D eigenvalue weighted by Gasteiger charge is 2.23. The normalized spacial score (nSPS) is 26.9. The smallest absolute Gasteiger partial charge is 0.0205 e. The highest BCUT2D eigenvalue weighted by molar-refractivity contribution is 5.02. The van der Waals surface area contributed by atoms with E-state index in [-0.39, 0.29) is 0 Å². The molecule has 1 N–H and O–H groups in total. The minimum absolute atomic E-state index is 0.806. The van der Waals surface area contributed by atoms with Gasteiger partial charge in [-0.15, -0.1) is 0 Å². The summed E-state index contributed by atoms with van der Waals surface area (Å²) in [5.41, 5.74) is 1.37. The molecule has 1 heterocycles. The molecule has 1 unspecified atom stereocenters. The minimum Gasteiger partial charge on any atom is -0.310 e. The summed E-state index contributed by atoms with van der Waals surface area (Å²) in [7, 11) is 0. The number of hydrogen-bond acceptors (Lipinski definition) is 2. The van der Waals surface area contributed by atoms with E-state index < -0.39 is 0 Å². The summed E-state index contributed by atoms with van der Waals surface area (Å²) in [5, 5.41) is 3.55. The van der Waals surface area contributed by atoms with Crippen molar-refractivity contribution in [3.05, 3.63) is 12.2 Å². The number of likely N-dealkylation sites (tertiary alicyclic amines) is 1. The second kappa shape index (κ2) is 5.83. The molecule has 92 valence electrons. The minimum atomic E-state index is 0.806. The lowest BCUT2D eigenvalue weighted by Crippen LogP contribution is -2.41. The van der Waals surface area contributed by atoms with Crippen molar-refractivity contribution in [2.24, 2.45) is 0 Å². The van der Waals surface area contributed by atoms with Gasteiger partial charge in [-0.25, -0.2) is 0 Å². The summed E-state index contributed by atoms with van der Waals surface area (Å²) in [5.74, 6) is 0. The zero-order chi connectivity index (χ0) is 11.4. The van der Waals surface area contributed by atoms with E-state index in [1.165, 1.54) is 50.6 Å². The lowest BCUT2D eigenvalue weighted by atomic mass is 9.99. The Kier molecular flexibility index (Phi) is 4.42. The first-order chi connectivity index (χ1) is 7.79. The molecule has 1 aliphatic carbocycles. The summed E-state index contributed by atoms with van der Waals surface area (Å²) in [4.78, 5) is 2.64. The van der Waals surface area contributed by atoms with Gasteiger partial charge >= 0.3 is 0 Å². The lowest BCUT2D eigenvalue weighted by molar-refractivity contribution is 0.156. The van der Waals surface area contributed by atoms with Crippen LogP contribution in [-0.4, -0.2) is 36.6 Å². The summed E-state index contributed by atoms with van der Waals surface area (Å²) < 4.78 is 0. The van der Waals surface area contributed by atoms with Gasteiger partial charge in [0.2, 0.25) is 0 Å². The molecular formula is C14H26N2. The third-order valence-electron chi connectivity index (χ3n) is 3.87. The molecule has 0 aromatic rings. The molecule has 1 atom stereocenters. The molecule has 2 heteroatoms. The maximum atomic E-state index is 4.21. The topological polar surface area (TPSA) is 15.3 Å². The van der Waals surface area contributed by atoms with E-state index in [4.69, 9.17) is 0 Å². The highest BCUT2D eigenvalue weighted by Crippen LogP contribution is 2.21. The summed E-state index contributed by atoms with van der Waals surface area (Å²) in [6, 6.07) is 1.62. The Bertz CT molecular complexity index is 233. The monoisotopic (exact) mass is 222 g/mol. The van der Waals surface area contributed by atoms with Crippen LogP contribution in [0.3, 0.4) is 0 Å². The van der Waals surface area contributed by atoms with Gasteiger partial charge in [-0.1, -0.05) is 19.9 Å². The number of hydrogen-bond donors (Lipinski definition) is 1. The van der Waals surface area contributed by atoms with E-state index in [9.17, 15) is 0 Å². The highest BCUT2D eigenvalue weighted by atomic mass is 15.2. The van der Waals surface area contributed by atoms with Crippen molar-refractivity contribution in [3.8, 4) is 0 Å². The second-order valence-corrected chi connectivity index (χ2v) is 5.43. The summed E-state index contributed by atoms with van der Waals surface area (Å²) in [6.07, 6.45) is 8.22. The Morgan fingerprint density at radius 1 is 1.31 bits per heavy atom. The third-order valence-corrected chi connectivity index (χ3v) is 3.87. The van der Waals surface area contributed by atoms with Gasteiger partial charge in [0.05, 0.1) is 0 Å². The Labute approximate surface area is 100 Å². The van der Waals surface area contributed by atoms with Crippen molar-refractivity contribution in [1.82, 2.24) is 10.2 Å². The Morgan fingerprint density at radius 3 is 2.81 bits per heavy atom. The van der Waals surface area contributed by atoms with Crippen LogP contribution >= 0.6 is 0 Å². The van der Waals surface area contributed by atoms with Gasteiger partial charge in [-0.05, 0) is 44.2 Å². The molecule has 0 spiro atoms. The molecule has 2 rings (SSSR count). The SMILES string of the molecule is C=C(CNC1CC1)CN1CCCCC1CC. The van der Waals surface area contributed by atoms with Crippen LogP contribution in [0.5, 0.6) is 0 Å². The number of nitrogens with one attached hydrogen (secondary N) is 1. The standard InChI is InChI=1S/C14H26N2/c1-3-14-6-4-5-9-16(14)11-12(2)10-15-13-7-8-13/h13-15H,2-11H2,1H3. The summed E-state index contributed by atoms with van der Waals surface area (Å²) >= 11 is 0. The average Bonchev–Trinajstić information content (AvgIpc) is 3.11. The fourth-order valence-corrected chi connectivity index (χ4v) is 2.65. The molecule has 1 saturated carbocycles. The first-order valence-corrected chi connectivity index (χ1v) is 6.93. The molecule has 2 fully saturated rings. The zero-order valence-electron chi connectivity index (χ0n) is 10.7. The third kappa shape index (κ3) is 3.60. The quantitative estimate of drug-likeness (QED) is 0.695. The average molecular weight is 222 g/mol. The van der Waals surface area contributed by atoms with Crippen molar-refractivity contribution in [2.45, 2.75) is 57.5 Å². The van der Waals surface area contributed by atoms with Gasteiger partial charge in [-0.2, -0.15) is 0 Å². The van der Waals surface area contributed by atoms with Gasteiger partial charge < -0.3 is 5.32 Å². The van der Waals surface area contributed by atoms with Crippen LogP contribution < -0.4 is 5.32 Å². The number of rotatable bonds is 6. The molecule has 0 aromatic heterocycles. The molecule has 0 radical (unpaired) electrons. The van der Waals surface area contributed by atoms with E-state index in [0.717, 1.165) is 25.2 Å². The fourth-order valence-electron chi connectivity index (χ4n) is 2.65. The van der Waals surface area contributed by atoms with Gasteiger partial charge in [0.25, 0.3) is 0 Å². The van der Waals surface area contributed by atoms with E-state index in [0.29, 0.717) is 0 Å². The van der Waals surface area contributed by atoms with Crippen molar-refractivity contribution < 1.29 is 0 Å². The number of nitrogens with zero attached hydrogens (tertiary/aromatic N) is 1. The van der Waals surface area contributed by atoms with E-state index in [1.54, 1.807) is 0 Å². The van der Waals surface area contributed by atoms with Crippen LogP contribution in [0, 0.1) is 0 Å². The van der Waals surface area contributed by atoms with Crippen LogP contribution in [0.15, 0.2) is 12.2 Å². The maximum Gasteiger partial charge on any atom is 0.0205 e. The van der Waals surface area contributed by atoms with E-state index in [1.807, 2.05) is 0 Å².